The molecule has 7 heteroatoms. The highest BCUT2D eigenvalue weighted by atomic mass is 79.9. The highest BCUT2D eigenvalue weighted by molar-refractivity contribution is 9.10. The van der Waals surface area contributed by atoms with Gasteiger partial charge in [-0.15, -0.1) is 0 Å². The third kappa shape index (κ3) is 4.27. The number of nitrogens with zero attached hydrogens (tertiary/aromatic N) is 4. The van der Waals surface area contributed by atoms with Gasteiger partial charge < -0.3 is 0 Å². The van der Waals surface area contributed by atoms with Crippen LogP contribution in [0.5, 0.6) is 0 Å². The van der Waals surface area contributed by atoms with Gasteiger partial charge in [0.25, 0.3) is 0 Å². The van der Waals surface area contributed by atoms with Gasteiger partial charge in [-0.1, -0.05) is 12.7 Å². The van der Waals surface area contributed by atoms with Gasteiger partial charge in [0, 0.05) is 22.8 Å². The standard InChI is InChI=1S/C12H14N4.C4H4BrNS/c1-4-5-16-11(10-6-14-15-7-10)8-13-12(16)9(2)3;1-3-4(5)2-6-7-3/h4-8H,2H2,1,3H3,(H,14,15);2H,1H3/b5-4-;. The molecule has 0 aliphatic heterocycles. The van der Waals surface area contributed by atoms with E-state index in [0.717, 1.165) is 27.1 Å². The quantitative estimate of drug-likeness (QED) is 0.682. The molecule has 0 spiro atoms. The molecule has 0 aromatic carbocycles. The van der Waals surface area contributed by atoms with Gasteiger partial charge in [-0.3, -0.25) is 9.67 Å². The summed E-state index contributed by atoms with van der Waals surface area (Å²) in [7, 11) is 0. The van der Waals surface area contributed by atoms with Gasteiger partial charge in [0.2, 0.25) is 0 Å². The fraction of sp³-hybridized carbons (Fsp3) is 0.188. The van der Waals surface area contributed by atoms with E-state index in [1.165, 1.54) is 16.4 Å². The maximum atomic E-state index is 4.36. The molecular formula is C16H18BrN5S. The van der Waals surface area contributed by atoms with Gasteiger partial charge >= 0.3 is 0 Å². The molecule has 5 nitrogen and oxygen atoms in total. The van der Waals surface area contributed by atoms with Crippen molar-refractivity contribution in [3.05, 3.63) is 52.6 Å². The number of nitrogens with one attached hydrogen (secondary N) is 1. The van der Waals surface area contributed by atoms with Crippen LogP contribution in [0.2, 0.25) is 0 Å². The molecule has 0 saturated carbocycles. The van der Waals surface area contributed by atoms with E-state index in [2.05, 4.69) is 42.1 Å². The minimum atomic E-state index is 0.870. The summed E-state index contributed by atoms with van der Waals surface area (Å²) in [5.74, 6) is 0.870. The zero-order valence-corrected chi connectivity index (χ0v) is 15.6. The maximum Gasteiger partial charge on any atom is 0.139 e. The van der Waals surface area contributed by atoms with E-state index in [1.807, 2.05) is 50.0 Å². The summed E-state index contributed by atoms with van der Waals surface area (Å²) in [6.45, 7) is 9.87. The fourth-order valence-corrected chi connectivity index (χ4v) is 2.78. The molecule has 3 aromatic rings. The number of aromatic nitrogens is 5. The number of hydrogen-bond donors (Lipinski definition) is 1. The first-order chi connectivity index (χ1) is 11.0. The fourth-order valence-electron chi connectivity index (χ4n) is 1.87. The lowest BCUT2D eigenvalue weighted by Gasteiger charge is -2.04. The van der Waals surface area contributed by atoms with E-state index in [4.69, 9.17) is 0 Å². The van der Waals surface area contributed by atoms with Crippen molar-refractivity contribution in [3.8, 4) is 11.3 Å². The molecule has 120 valence electrons. The number of hydrogen-bond acceptors (Lipinski definition) is 4. The summed E-state index contributed by atoms with van der Waals surface area (Å²) >= 11 is 4.82. The molecule has 0 radical (unpaired) electrons. The Hall–Kier alpha value is -1.99. The summed E-state index contributed by atoms with van der Waals surface area (Å²) < 4.78 is 7.03. The number of H-pyrrole nitrogens is 1. The van der Waals surface area contributed by atoms with Crippen molar-refractivity contribution < 1.29 is 0 Å². The minimum absolute atomic E-state index is 0.870. The van der Waals surface area contributed by atoms with E-state index in [9.17, 15) is 0 Å². The topological polar surface area (TPSA) is 59.4 Å². The molecule has 3 aromatic heterocycles. The summed E-state index contributed by atoms with van der Waals surface area (Å²) in [5.41, 5.74) is 2.95. The van der Waals surface area contributed by atoms with Crippen LogP contribution in [0.1, 0.15) is 24.5 Å². The summed E-state index contributed by atoms with van der Waals surface area (Å²) in [4.78, 5) is 5.60. The Balaban J connectivity index is 0.000000229. The Bertz CT molecular complexity index is 782. The molecule has 1 N–H and O–H groups in total. The normalized spacial score (nSPS) is 10.6. The molecule has 0 unspecified atom stereocenters. The Morgan fingerprint density at radius 2 is 2.17 bits per heavy atom. The van der Waals surface area contributed by atoms with Crippen LogP contribution in [0.4, 0.5) is 0 Å². The third-order valence-corrected chi connectivity index (χ3v) is 4.73. The van der Waals surface area contributed by atoms with Crippen molar-refractivity contribution in [1.82, 2.24) is 24.1 Å². The number of halogens is 1. The first kappa shape index (κ1) is 17.4. The van der Waals surface area contributed by atoms with Crippen molar-refractivity contribution in [2.45, 2.75) is 20.8 Å². The second kappa shape index (κ2) is 8.03. The van der Waals surface area contributed by atoms with E-state index < -0.39 is 0 Å². The predicted molar refractivity (Wildman–Crippen MR) is 100 cm³/mol. The number of aromatic amines is 1. The van der Waals surface area contributed by atoms with Crippen LogP contribution in [0.3, 0.4) is 0 Å². The third-order valence-electron chi connectivity index (χ3n) is 2.96. The smallest absolute Gasteiger partial charge is 0.139 e. The van der Waals surface area contributed by atoms with E-state index in [0.29, 0.717) is 0 Å². The number of allylic oxidation sites excluding steroid dienone is 2. The average Bonchev–Trinajstić information content (AvgIpc) is 3.22. The molecule has 0 bridgehead atoms. The van der Waals surface area contributed by atoms with Crippen molar-refractivity contribution >= 4 is 39.2 Å². The predicted octanol–water partition coefficient (Wildman–Crippen LogP) is 5.01. The molecule has 0 amide bonds. The average molecular weight is 392 g/mol. The zero-order valence-electron chi connectivity index (χ0n) is 13.2. The minimum Gasteiger partial charge on any atom is -0.300 e. The van der Waals surface area contributed by atoms with Crippen LogP contribution in [0, 0.1) is 6.92 Å². The molecule has 0 saturated heterocycles. The number of rotatable bonds is 3. The zero-order chi connectivity index (χ0) is 16.8. The molecule has 23 heavy (non-hydrogen) atoms. The van der Waals surface area contributed by atoms with Gasteiger partial charge in [-0.05, 0) is 53.8 Å². The molecule has 3 rings (SSSR count). The molecule has 0 fully saturated rings. The first-order valence-corrected chi connectivity index (χ1v) is 8.53. The monoisotopic (exact) mass is 391 g/mol. The molecule has 0 aliphatic carbocycles. The Labute approximate surface area is 148 Å². The summed E-state index contributed by atoms with van der Waals surface area (Å²) in [6.07, 6.45) is 11.2. The second-order valence-electron chi connectivity index (χ2n) is 4.82. The molecule has 0 aliphatic rings. The van der Waals surface area contributed by atoms with Gasteiger partial charge in [0.1, 0.15) is 5.82 Å². The van der Waals surface area contributed by atoms with E-state index >= 15 is 0 Å². The molecular weight excluding hydrogens is 374 g/mol. The molecule has 0 atom stereocenters. The highest BCUT2D eigenvalue weighted by Crippen LogP contribution is 2.22. The van der Waals surface area contributed by atoms with Crippen molar-refractivity contribution in [2.75, 3.05) is 0 Å². The van der Waals surface area contributed by atoms with Crippen LogP contribution < -0.4 is 0 Å². The largest absolute Gasteiger partial charge is 0.300 e. The Kier molecular flexibility index (Phi) is 6.06. The Morgan fingerprint density at radius 3 is 2.61 bits per heavy atom. The lowest BCUT2D eigenvalue weighted by Crippen LogP contribution is -1.95. The van der Waals surface area contributed by atoms with Crippen molar-refractivity contribution in [2.24, 2.45) is 0 Å². The van der Waals surface area contributed by atoms with Crippen LogP contribution in [0.15, 0.2) is 41.9 Å². The van der Waals surface area contributed by atoms with Crippen LogP contribution in [-0.2, 0) is 0 Å². The van der Waals surface area contributed by atoms with Crippen molar-refractivity contribution in [1.29, 1.82) is 0 Å². The van der Waals surface area contributed by atoms with Gasteiger partial charge in [-0.25, -0.2) is 4.98 Å². The molecule has 3 heterocycles. The number of aryl methyl sites for hydroxylation is 1. The first-order valence-electron chi connectivity index (χ1n) is 6.96. The SMILES string of the molecule is C=C(C)c1ncc(-c2cn[nH]c2)n1/C=C\C.Cc1sncc1Br. The van der Waals surface area contributed by atoms with Crippen LogP contribution in [-0.4, -0.2) is 24.1 Å². The van der Waals surface area contributed by atoms with E-state index in [1.54, 1.807) is 12.4 Å². The summed E-state index contributed by atoms with van der Waals surface area (Å²) in [5, 5.41) is 6.74. The lowest BCUT2D eigenvalue weighted by molar-refractivity contribution is 1.09. The van der Waals surface area contributed by atoms with Gasteiger partial charge in [0.05, 0.1) is 28.8 Å². The van der Waals surface area contributed by atoms with Crippen molar-refractivity contribution in [3.63, 3.8) is 0 Å². The van der Waals surface area contributed by atoms with Crippen LogP contribution >= 0.6 is 27.5 Å². The Morgan fingerprint density at radius 1 is 1.39 bits per heavy atom. The van der Waals surface area contributed by atoms with E-state index in [-0.39, 0.29) is 0 Å². The lowest BCUT2D eigenvalue weighted by atomic mass is 10.2. The number of imidazole rings is 1. The highest BCUT2D eigenvalue weighted by Gasteiger charge is 2.10. The summed E-state index contributed by atoms with van der Waals surface area (Å²) in [6, 6.07) is 0. The van der Waals surface area contributed by atoms with Crippen LogP contribution in [0.25, 0.3) is 23.0 Å². The van der Waals surface area contributed by atoms with Gasteiger partial charge in [-0.2, -0.15) is 9.47 Å². The maximum absolute atomic E-state index is 4.36. The van der Waals surface area contributed by atoms with Gasteiger partial charge in [0.15, 0.2) is 0 Å². The second-order valence-corrected chi connectivity index (χ2v) is 6.68.